The molecule has 0 aliphatic heterocycles. The molecule has 0 saturated carbocycles. The van der Waals surface area contributed by atoms with E-state index in [4.69, 9.17) is 0 Å². The minimum atomic E-state index is 0.500. The molecule has 0 heterocycles. The Balaban J connectivity index is 4.53. The molecule has 0 aliphatic rings. The maximum absolute atomic E-state index is 2.41. The first-order valence-electron chi connectivity index (χ1n) is 4.83. The van der Waals surface area contributed by atoms with Crippen LogP contribution in [0, 0.1) is 17.8 Å². The Bertz CT molecular complexity index is 92.3. The van der Waals surface area contributed by atoms with Crippen molar-refractivity contribution in [3.63, 3.8) is 0 Å². The molecule has 0 radical (unpaired) electrons. The number of hydrogen-bond acceptors (Lipinski definition) is 0. The Kier molecular flexibility index (Phi) is 3.67. The van der Waals surface area contributed by atoms with Gasteiger partial charge in [-0.25, -0.2) is 0 Å². The van der Waals surface area contributed by atoms with Crippen molar-refractivity contribution in [3.8, 4) is 0 Å². The summed E-state index contributed by atoms with van der Waals surface area (Å²) < 4.78 is 0. The minimum absolute atomic E-state index is 0.500. The molecule has 11 heavy (non-hydrogen) atoms. The fourth-order valence-electron chi connectivity index (χ4n) is 2.00. The molecule has 0 aromatic heterocycles. The Morgan fingerprint density at radius 1 is 0.727 bits per heavy atom. The van der Waals surface area contributed by atoms with Crippen molar-refractivity contribution in [1.29, 1.82) is 0 Å². The van der Waals surface area contributed by atoms with E-state index in [1.54, 1.807) is 0 Å². The average molecular weight is 154 g/mol. The van der Waals surface area contributed by atoms with Crippen LogP contribution in [-0.4, -0.2) is 7.85 Å². The predicted molar refractivity (Wildman–Crippen MR) is 55.8 cm³/mol. The molecule has 0 amide bonds. The molecule has 66 valence electrons. The molecular weight excluding hydrogens is 131 g/mol. The van der Waals surface area contributed by atoms with Crippen LogP contribution in [0.15, 0.2) is 0 Å². The smallest absolute Gasteiger partial charge is 0.0629 e. The normalized spacial score (nSPS) is 13.5. The van der Waals surface area contributed by atoms with Gasteiger partial charge in [0.2, 0.25) is 0 Å². The Labute approximate surface area is 73.2 Å². The van der Waals surface area contributed by atoms with Crippen LogP contribution in [0.4, 0.5) is 0 Å². The Hall–Kier alpha value is 0.0649. The number of rotatable bonds is 3. The Morgan fingerprint density at radius 3 is 0.909 bits per heavy atom. The van der Waals surface area contributed by atoms with Crippen molar-refractivity contribution in [2.45, 2.75) is 46.9 Å². The molecule has 0 atom stereocenters. The lowest BCUT2D eigenvalue weighted by atomic mass is 9.50. The first kappa shape index (κ1) is 11.1. The van der Waals surface area contributed by atoms with Crippen molar-refractivity contribution in [2.75, 3.05) is 0 Å². The maximum atomic E-state index is 2.41. The topological polar surface area (TPSA) is 0 Å². The van der Waals surface area contributed by atoms with Crippen LogP contribution >= 0.6 is 0 Å². The van der Waals surface area contributed by atoms with Crippen molar-refractivity contribution in [3.05, 3.63) is 0 Å². The summed E-state index contributed by atoms with van der Waals surface area (Å²) in [6, 6.07) is 0. The minimum Gasteiger partial charge on any atom is -0.0629 e. The maximum Gasteiger partial charge on any atom is 0.110 e. The van der Waals surface area contributed by atoms with E-state index in [2.05, 4.69) is 49.4 Å². The molecule has 1 heteroatoms. The van der Waals surface area contributed by atoms with Crippen LogP contribution in [0.2, 0.25) is 5.31 Å². The van der Waals surface area contributed by atoms with E-state index in [1.165, 1.54) is 0 Å². The lowest BCUT2D eigenvalue weighted by molar-refractivity contribution is 0.236. The molecule has 0 rings (SSSR count). The van der Waals surface area contributed by atoms with Crippen LogP contribution in [0.5, 0.6) is 0 Å². The van der Waals surface area contributed by atoms with Gasteiger partial charge >= 0.3 is 0 Å². The summed E-state index contributed by atoms with van der Waals surface area (Å²) in [5.41, 5.74) is 0. The summed E-state index contributed by atoms with van der Waals surface area (Å²) >= 11 is 0. The predicted octanol–water partition coefficient (Wildman–Crippen LogP) is 2.75. The first-order chi connectivity index (χ1) is 4.83. The second-order valence-electron chi connectivity index (χ2n) is 4.83. The second kappa shape index (κ2) is 3.64. The van der Waals surface area contributed by atoms with Gasteiger partial charge in [0.05, 0.1) is 0 Å². The molecule has 0 aromatic rings. The van der Waals surface area contributed by atoms with E-state index in [1.807, 2.05) is 0 Å². The highest BCUT2D eigenvalue weighted by molar-refractivity contribution is 6.15. The summed E-state index contributed by atoms with van der Waals surface area (Å²) in [7, 11) is 2.41. The molecular formula is C10H23B. The summed E-state index contributed by atoms with van der Waals surface area (Å²) in [6.07, 6.45) is 0. The molecule has 0 aliphatic carbocycles. The van der Waals surface area contributed by atoms with Crippen molar-refractivity contribution in [2.24, 2.45) is 17.8 Å². The molecule has 0 spiro atoms. The van der Waals surface area contributed by atoms with Gasteiger partial charge < -0.3 is 0 Å². The molecule has 0 saturated heterocycles. The highest BCUT2D eigenvalue weighted by Crippen LogP contribution is 2.46. The fourth-order valence-corrected chi connectivity index (χ4v) is 2.00. The SMILES string of the molecule is BC(C(C)C)(C(C)C)C(C)C. The van der Waals surface area contributed by atoms with E-state index in [-0.39, 0.29) is 0 Å². The van der Waals surface area contributed by atoms with Crippen molar-refractivity contribution in [1.82, 2.24) is 0 Å². The first-order valence-corrected chi connectivity index (χ1v) is 4.83. The average Bonchev–Trinajstić information content (AvgIpc) is 1.84. The molecule has 0 bridgehead atoms. The lowest BCUT2D eigenvalue weighted by Crippen LogP contribution is -2.31. The third-order valence-corrected chi connectivity index (χ3v) is 3.73. The summed E-state index contributed by atoms with van der Waals surface area (Å²) in [5.74, 6) is 2.34. The van der Waals surface area contributed by atoms with Crippen LogP contribution in [0.1, 0.15) is 41.5 Å². The highest BCUT2D eigenvalue weighted by atomic mass is 14.3. The zero-order valence-corrected chi connectivity index (χ0v) is 9.23. The van der Waals surface area contributed by atoms with Gasteiger partial charge in [0, 0.05) is 0 Å². The molecule has 0 nitrogen and oxygen atoms in total. The van der Waals surface area contributed by atoms with E-state index in [0.29, 0.717) is 5.31 Å². The van der Waals surface area contributed by atoms with Gasteiger partial charge in [-0.3, -0.25) is 0 Å². The largest absolute Gasteiger partial charge is 0.110 e. The molecule has 0 fully saturated rings. The van der Waals surface area contributed by atoms with Gasteiger partial charge in [0.15, 0.2) is 0 Å². The number of hydrogen-bond donors (Lipinski definition) is 0. The third kappa shape index (κ3) is 2.01. The van der Waals surface area contributed by atoms with E-state index < -0.39 is 0 Å². The highest BCUT2D eigenvalue weighted by Gasteiger charge is 2.34. The van der Waals surface area contributed by atoms with Gasteiger partial charge in [-0.15, -0.1) is 0 Å². The second-order valence-corrected chi connectivity index (χ2v) is 4.83. The molecule has 0 aromatic carbocycles. The van der Waals surface area contributed by atoms with E-state index in [9.17, 15) is 0 Å². The van der Waals surface area contributed by atoms with Gasteiger partial charge in [-0.05, 0) is 17.8 Å². The van der Waals surface area contributed by atoms with Gasteiger partial charge in [-0.1, -0.05) is 46.9 Å². The van der Waals surface area contributed by atoms with E-state index in [0.717, 1.165) is 17.8 Å². The standard InChI is InChI=1S/C10H23B/c1-7(2)10(11,8(3)4)9(5)6/h7-9H,11H2,1-6H3. The van der Waals surface area contributed by atoms with Crippen molar-refractivity contribution < 1.29 is 0 Å². The quantitative estimate of drug-likeness (QED) is 0.548. The van der Waals surface area contributed by atoms with Gasteiger partial charge in [0.1, 0.15) is 7.85 Å². The third-order valence-electron chi connectivity index (χ3n) is 3.73. The zero-order valence-electron chi connectivity index (χ0n) is 9.23. The van der Waals surface area contributed by atoms with Gasteiger partial charge in [-0.2, -0.15) is 0 Å². The van der Waals surface area contributed by atoms with Crippen LogP contribution in [0.3, 0.4) is 0 Å². The van der Waals surface area contributed by atoms with Crippen LogP contribution in [-0.2, 0) is 0 Å². The summed E-state index contributed by atoms with van der Waals surface area (Å²) in [5, 5.41) is 0.500. The summed E-state index contributed by atoms with van der Waals surface area (Å²) in [4.78, 5) is 0. The van der Waals surface area contributed by atoms with Crippen LogP contribution < -0.4 is 0 Å². The fraction of sp³-hybridized carbons (Fsp3) is 1.00. The lowest BCUT2D eigenvalue weighted by Gasteiger charge is -2.42. The van der Waals surface area contributed by atoms with Crippen LogP contribution in [0.25, 0.3) is 0 Å². The molecule has 0 unspecified atom stereocenters. The summed E-state index contributed by atoms with van der Waals surface area (Å²) in [6.45, 7) is 14.0. The zero-order chi connectivity index (χ0) is 9.23. The molecule has 0 N–H and O–H groups in total. The van der Waals surface area contributed by atoms with E-state index >= 15 is 0 Å². The Morgan fingerprint density at radius 2 is 0.909 bits per heavy atom. The van der Waals surface area contributed by atoms with Gasteiger partial charge in [0.25, 0.3) is 0 Å². The van der Waals surface area contributed by atoms with Crippen molar-refractivity contribution >= 4 is 7.85 Å². The monoisotopic (exact) mass is 154 g/mol.